The number of benzene rings is 1. The summed E-state index contributed by atoms with van der Waals surface area (Å²) < 4.78 is 0. The molecule has 1 aromatic carbocycles. The molecule has 0 fully saturated rings. The van der Waals surface area contributed by atoms with E-state index >= 15 is 0 Å². The first-order valence-electron chi connectivity index (χ1n) is 7.33. The molecule has 0 atom stereocenters. The largest absolute Gasteiger partial charge is 0.356 e. The summed E-state index contributed by atoms with van der Waals surface area (Å²) in [4.78, 5) is 17.5. The van der Waals surface area contributed by atoms with Gasteiger partial charge in [-0.15, -0.1) is 0 Å². The van der Waals surface area contributed by atoms with Gasteiger partial charge in [0.05, 0.1) is 0 Å². The zero-order chi connectivity index (χ0) is 15.7. The Labute approximate surface area is 127 Å². The van der Waals surface area contributed by atoms with Gasteiger partial charge in [0.15, 0.2) is 5.96 Å². The fourth-order valence-corrected chi connectivity index (χ4v) is 1.81. The molecule has 5 nitrogen and oxygen atoms in total. The number of guanidine groups is 1. The van der Waals surface area contributed by atoms with Crippen LogP contribution >= 0.6 is 0 Å². The first kappa shape index (κ1) is 17.0. The van der Waals surface area contributed by atoms with Crippen molar-refractivity contribution in [2.75, 3.05) is 27.7 Å². The second-order valence-electron chi connectivity index (χ2n) is 5.10. The lowest BCUT2D eigenvalue weighted by molar-refractivity contribution is 0.0827. The molecule has 1 amide bonds. The van der Waals surface area contributed by atoms with Crippen molar-refractivity contribution >= 4 is 11.9 Å². The molecule has 0 heterocycles. The zero-order valence-electron chi connectivity index (χ0n) is 13.4. The van der Waals surface area contributed by atoms with Crippen LogP contribution in [0.4, 0.5) is 0 Å². The molecule has 116 valence electrons. The summed E-state index contributed by atoms with van der Waals surface area (Å²) in [6, 6.07) is 7.63. The van der Waals surface area contributed by atoms with Crippen LogP contribution in [0.25, 0.3) is 0 Å². The third-order valence-corrected chi connectivity index (χ3v) is 3.11. The highest BCUT2D eigenvalue weighted by Gasteiger charge is 2.07. The predicted octanol–water partition coefficient (Wildman–Crippen LogP) is 1.85. The van der Waals surface area contributed by atoms with Crippen LogP contribution in [-0.4, -0.2) is 44.5 Å². The zero-order valence-corrected chi connectivity index (χ0v) is 13.4. The van der Waals surface area contributed by atoms with Gasteiger partial charge in [-0.25, -0.2) is 0 Å². The quantitative estimate of drug-likeness (QED) is 0.477. The van der Waals surface area contributed by atoms with Crippen molar-refractivity contribution in [3.05, 3.63) is 35.4 Å². The number of unbranched alkanes of at least 4 members (excludes halogenated alkanes) is 1. The fraction of sp³-hybridized carbons (Fsp3) is 0.500. The van der Waals surface area contributed by atoms with Crippen molar-refractivity contribution in [1.82, 2.24) is 15.5 Å². The number of carbonyl (C=O) groups is 1. The van der Waals surface area contributed by atoms with E-state index in [0.29, 0.717) is 12.1 Å². The van der Waals surface area contributed by atoms with Gasteiger partial charge in [0.2, 0.25) is 0 Å². The highest BCUT2D eigenvalue weighted by molar-refractivity contribution is 5.93. The maximum atomic E-state index is 11.8. The van der Waals surface area contributed by atoms with E-state index in [-0.39, 0.29) is 5.91 Å². The number of aliphatic imine (C=N–C) groups is 1. The van der Waals surface area contributed by atoms with Crippen molar-refractivity contribution in [1.29, 1.82) is 0 Å². The maximum Gasteiger partial charge on any atom is 0.253 e. The third kappa shape index (κ3) is 5.85. The lowest BCUT2D eigenvalue weighted by atomic mass is 10.1. The van der Waals surface area contributed by atoms with Crippen molar-refractivity contribution in [2.24, 2.45) is 4.99 Å². The Bertz CT molecular complexity index is 466. The number of carbonyl (C=O) groups excluding carboxylic acids is 1. The minimum atomic E-state index is 0.0200. The molecule has 1 aromatic rings. The summed E-state index contributed by atoms with van der Waals surface area (Å²) in [6.45, 7) is 3.77. The van der Waals surface area contributed by atoms with Crippen molar-refractivity contribution < 1.29 is 4.79 Å². The van der Waals surface area contributed by atoms with E-state index in [1.807, 2.05) is 24.3 Å². The number of amides is 1. The molecule has 0 bridgehead atoms. The number of hydrogen-bond donors (Lipinski definition) is 2. The van der Waals surface area contributed by atoms with E-state index in [0.717, 1.165) is 30.9 Å². The number of nitrogens with zero attached hydrogens (tertiary/aromatic N) is 2. The van der Waals surface area contributed by atoms with Crippen LogP contribution < -0.4 is 10.6 Å². The van der Waals surface area contributed by atoms with E-state index in [4.69, 9.17) is 0 Å². The topological polar surface area (TPSA) is 56.7 Å². The second kappa shape index (κ2) is 9.00. The van der Waals surface area contributed by atoms with Gasteiger partial charge >= 0.3 is 0 Å². The van der Waals surface area contributed by atoms with Gasteiger partial charge in [-0.05, 0) is 24.1 Å². The van der Waals surface area contributed by atoms with Crippen molar-refractivity contribution in [2.45, 2.75) is 26.3 Å². The molecular formula is C16H26N4O. The standard InChI is InChI=1S/C16H26N4O/c1-5-6-11-18-16(17-2)19-12-13-7-9-14(10-8-13)15(21)20(3)4/h7-10H,5-6,11-12H2,1-4H3,(H2,17,18,19). The Morgan fingerprint density at radius 1 is 1.19 bits per heavy atom. The number of hydrogen-bond acceptors (Lipinski definition) is 2. The molecule has 2 N–H and O–H groups in total. The van der Waals surface area contributed by atoms with Gasteiger partial charge in [-0.1, -0.05) is 25.5 Å². The van der Waals surface area contributed by atoms with Gasteiger partial charge in [-0.2, -0.15) is 0 Å². The Morgan fingerprint density at radius 2 is 1.86 bits per heavy atom. The molecule has 0 aliphatic heterocycles. The smallest absolute Gasteiger partial charge is 0.253 e. The Balaban J connectivity index is 2.50. The summed E-state index contributed by atoms with van der Waals surface area (Å²) in [7, 11) is 5.27. The van der Waals surface area contributed by atoms with E-state index in [1.54, 1.807) is 26.0 Å². The minimum absolute atomic E-state index is 0.0200. The van der Waals surface area contributed by atoms with Gasteiger partial charge in [0, 0.05) is 39.8 Å². The lowest BCUT2D eigenvalue weighted by Gasteiger charge is -2.13. The maximum absolute atomic E-state index is 11.8. The van der Waals surface area contributed by atoms with E-state index in [9.17, 15) is 4.79 Å². The summed E-state index contributed by atoms with van der Waals surface area (Å²) >= 11 is 0. The van der Waals surface area contributed by atoms with Gasteiger partial charge in [0.1, 0.15) is 0 Å². The number of rotatable bonds is 6. The molecule has 0 saturated carbocycles. The summed E-state index contributed by atoms with van der Waals surface area (Å²) in [5.74, 6) is 0.823. The first-order chi connectivity index (χ1) is 10.1. The van der Waals surface area contributed by atoms with Crippen LogP contribution in [0.3, 0.4) is 0 Å². The SMILES string of the molecule is CCCCNC(=NC)NCc1ccc(C(=O)N(C)C)cc1. The molecule has 0 aromatic heterocycles. The average molecular weight is 290 g/mol. The van der Waals surface area contributed by atoms with E-state index < -0.39 is 0 Å². The van der Waals surface area contributed by atoms with Crippen LogP contribution in [0.1, 0.15) is 35.7 Å². The summed E-state index contributed by atoms with van der Waals surface area (Å²) in [5.41, 5.74) is 1.82. The number of nitrogens with one attached hydrogen (secondary N) is 2. The molecule has 0 aliphatic rings. The summed E-state index contributed by atoms with van der Waals surface area (Å²) in [5, 5.41) is 6.52. The predicted molar refractivity (Wildman–Crippen MR) is 87.6 cm³/mol. The van der Waals surface area contributed by atoms with Gasteiger partial charge in [0.25, 0.3) is 5.91 Å². The molecule has 0 spiro atoms. The van der Waals surface area contributed by atoms with E-state index in [1.165, 1.54) is 0 Å². The summed E-state index contributed by atoms with van der Waals surface area (Å²) in [6.07, 6.45) is 2.29. The molecule has 0 aliphatic carbocycles. The van der Waals surface area contributed by atoms with E-state index in [2.05, 4.69) is 22.5 Å². The molecular weight excluding hydrogens is 264 g/mol. The third-order valence-electron chi connectivity index (χ3n) is 3.11. The van der Waals surface area contributed by atoms with Crippen molar-refractivity contribution in [3.8, 4) is 0 Å². The molecule has 0 unspecified atom stereocenters. The Kier molecular flexibility index (Phi) is 7.29. The van der Waals surface area contributed by atoms with Gasteiger partial charge in [-0.3, -0.25) is 9.79 Å². The first-order valence-corrected chi connectivity index (χ1v) is 7.33. The normalized spacial score (nSPS) is 11.1. The molecule has 5 heteroatoms. The highest BCUT2D eigenvalue weighted by atomic mass is 16.2. The lowest BCUT2D eigenvalue weighted by Crippen LogP contribution is -2.37. The molecule has 0 saturated heterocycles. The molecule has 1 rings (SSSR count). The van der Waals surface area contributed by atoms with Crippen LogP contribution in [-0.2, 0) is 6.54 Å². The molecule has 0 radical (unpaired) electrons. The fourth-order valence-electron chi connectivity index (χ4n) is 1.81. The second-order valence-corrected chi connectivity index (χ2v) is 5.10. The van der Waals surface area contributed by atoms with Crippen LogP contribution in [0, 0.1) is 0 Å². The van der Waals surface area contributed by atoms with Crippen molar-refractivity contribution in [3.63, 3.8) is 0 Å². The van der Waals surface area contributed by atoms with Crippen LogP contribution in [0.2, 0.25) is 0 Å². The molecule has 21 heavy (non-hydrogen) atoms. The Hall–Kier alpha value is -2.04. The van der Waals surface area contributed by atoms with Crippen LogP contribution in [0.5, 0.6) is 0 Å². The van der Waals surface area contributed by atoms with Crippen LogP contribution in [0.15, 0.2) is 29.3 Å². The minimum Gasteiger partial charge on any atom is -0.356 e. The highest BCUT2D eigenvalue weighted by Crippen LogP contribution is 2.06. The average Bonchev–Trinajstić information content (AvgIpc) is 2.50. The van der Waals surface area contributed by atoms with Gasteiger partial charge < -0.3 is 15.5 Å². The Morgan fingerprint density at radius 3 is 2.38 bits per heavy atom. The monoisotopic (exact) mass is 290 g/mol.